The number of anilines is 1. The zero-order valence-corrected chi connectivity index (χ0v) is 18.3. The van der Waals surface area contributed by atoms with Crippen LogP contribution in [0.15, 0.2) is 29.3 Å². The summed E-state index contributed by atoms with van der Waals surface area (Å²) in [5.41, 5.74) is 1.15. The van der Waals surface area contributed by atoms with Crippen molar-refractivity contribution in [2.45, 2.75) is 57.7 Å². The molecular weight excluding hydrogens is 378 g/mol. The molecule has 1 aliphatic carbocycles. The fraction of sp³-hybridized carbons (Fsp3) is 0.591. The highest BCUT2D eigenvalue weighted by molar-refractivity contribution is 5.80. The number of aliphatic imine (C=N–C) groups is 1. The fourth-order valence-corrected chi connectivity index (χ4v) is 4.32. The van der Waals surface area contributed by atoms with E-state index in [1.165, 1.54) is 25.7 Å². The Kier molecular flexibility index (Phi) is 6.40. The van der Waals surface area contributed by atoms with Crippen LogP contribution in [0.1, 0.15) is 43.8 Å². The molecule has 0 spiro atoms. The van der Waals surface area contributed by atoms with Crippen LogP contribution in [0.2, 0.25) is 0 Å². The van der Waals surface area contributed by atoms with Crippen LogP contribution in [-0.4, -0.2) is 53.0 Å². The first-order valence-electron chi connectivity index (χ1n) is 10.9. The lowest BCUT2D eigenvalue weighted by atomic mass is 10.2. The Bertz CT molecular complexity index is 872. The molecule has 2 aliphatic rings. The Balaban J connectivity index is 1.43. The van der Waals surface area contributed by atoms with E-state index in [-0.39, 0.29) is 0 Å². The lowest BCUT2D eigenvalue weighted by Gasteiger charge is -2.23. The second kappa shape index (κ2) is 9.36. The molecule has 0 bridgehead atoms. The van der Waals surface area contributed by atoms with Crippen LogP contribution in [0.4, 0.5) is 5.69 Å². The van der Waals surface area contributed by atoms with Crippen molar-refractivity contribution in [3.05, 3.63) is 35.9 Å². The topological polar surface area (TPSA) is 79.6 Å². The highest BCUT2D eigenvalue weighted by Crippen LogP contribution is 2.30. The van der Waals surface area contributed by atoms with E-state index in [1.807, 2.05) is 30.7 Å². The van der Waals surface area contributed by atoms with Gasteiger partial charge in [0.2, 0.25) is 0 Å². The van der Waals surface area contributed by atoms with Gasteiger partial charge >= 0.3 is 0 Å². The van der Waals surface area contributed by atoms with Gasteiger partial charge in [0.05, 0.1) is 12.8 Å². The van der Waals surface area contributed by atoms with Crippen molar-refractivity contribution in [1.82, 2.24) is 25.4 Å². The van der Waals surface area contributed by atoms with Gasteiger partial charge in [-0.15, -0.1) is 10.2 Å². The summed E-state index contributed by atoms with van der Waals surface area (Å²) in [4.78, 5) is 7.24. The van der Waals surface area contributed by atoms with Crippen LogP contribution in [0.5, 0.6) is 5.75 Å². The first-order valence-corrected chi connectivity index (χ1v) is 10.9. The quantitative estimate of drug-likeness (QED) is 0.561. The fourth-order valence-electron chi connectivity index (χ4n) is 4.32. The third-order valence-corrected chi connectivity index (χ3v) is 6.21. The van der Waals surface area contributed by atoms with Crippen molar-refractivity contribution < 1.29 is 4.74 Å². The molecule has 1 aliphatic heterocycles. The van der Waals surface area contributed by atoms with E-state index >= 15 is 0 Å². The predicted molar refractivity (Wildman–Crippen MR) is 119 cm³/mol. The molecule has 2 heterocycles. The molecule has 1 atom stereocenters. The molecule has 2 N–H and O–H groups in total. The summed E-state index contributed by atoms with van der Waals surface area (Å²) in [5.74, 6) is 3.59. The number of methoxy groups -OCH3 is 1. The van der Waals surface area contributed by atoms with Crippen LogP contribution in [0, 0.1) is 6.92 Å². The first kappa shape index (κ1) is 20.5. The SMILES string of the molecule is COc1ccccc1N1CCC(NC(=NCc2nnc(C)n2C)NC2CCCC2)C1. The maximum Gasteiger partial charge on any atom is 0.192 e. The van der Waals surface area contributed by atoms with Gasteiger partial charge in [-0.1, -0.05) is 25.0 Å². The van der Waals surface area contributed by atoms with E-state index in [0.29, 0.717) is 18.6 Å². The van der Waals surface area contributed by atoms with Crippen LogP contribution >= 0.6 is 0 Å². The van der Waals surface area contributed by atoms with Crippen molar-refractivity contribution in [2.75, 3.05) is 25.1 Å². The third kappa shape index (κ3) is 4.68. The van der Waals surface area contributed by atoms with Gasteiger partial charge in [-0.2, -0.15) is 0 Å². The van der Waals surface area contributed by atoms with Crippen molar-refractivity contribution in [3.63, 3.8) is 0 Å². The van der Waals surface area contributed by atoms with Gasteiger partial charge in [-0.25, -0.2) is 4.99 Å². The maximum atomic E-state index is 5.55. The normalized spacial score (nSPS) is 20.0. The smallest absolute Gasteiger partial charge is 0.192 e. The third-order valence-electron chi connectivity index (χ3n) is 6.21. The van der Waals surface area contributed by atoms with Crippen LogP contribution in [0.25, 0.3) is 0 Å². The summed E-state index contributed by atoms with van der Waals surface area (Å²) < 4.78 is 7.55. The van der Waals surface area contributed by atoms with E-state index in [2.05, 4.69) is 37.9 Å². The largest absolute Gasteiger partial charge is 0.495 e. The predicted octanol–water partition coefficient (Wildman–Crippen LogP) is 2.39. The zero-order chi connectivity index (χ0) is 20.9. The Labute approximate surface area is 178 Å². The van der Waals surface area contributed by atoms with Crippen LogP contribution in [0.3, 0.4) is 0 Å². The minimum Gasteiger partial charge on any atom is -0.495 e. The highest BCUT2D eigenvalue weighted by Gasteiger charge is 2.26. The second-order valence-corrected chi connectivity index (χ2v) is 8.26. The van der Waals surface area contributed by atoms with Crippen LogP contribution < -0.4 is 20.3 Å². The molecule has 2 aromatic rings. The Morgan fingerprint density at radius 2 is 1.90 bits per heavy atom. The molecule has 1 saturated heterocycles. The molecule has 162 valence electrons. The number of rotatable bonds is 6. The number of nitrogens with one attached hydrogen (secondary N) is 2. The highest BCUT2D eigenvalue weighted by atomic mass is 16.5. The Morgan fingerprint density at radius 1 is 1.13 bits per heavy atom. The molecule has 8 heteroatoms. The van der Waals surface area contributed by atoms with Gasteiger partial charge in [-0.3, -0.25) is 0 Å². The minimum absolute atomic E-state index is 0.337. The number of aryl methyl sites for hydroxylation is 1. The summed E-state index contributed by atoms with van der Waals surface area (Å²) in [7, 11) is 3.72. The standard InChI is InChI=1S/C22H33N7O/c1-16-26-27-21(28(16)2)14-23-22(24-17-8-4-5-9-17)25-18-12-13-29(15-18)19-10-6-7-11-20(19)30-3/h6-7,10-11,17-18H,4-5,8-9,12-15H2,1-3H3,(H2,23,24,25). The van der Waals surface area contributed by atoms with E-state index in [4.69, 9.17) is 9.73 Å². The zero-order valence-electron chi connectivity index (χ0n) is 18.3. The molecule has 0 amide bonds. The molecule has 2 fully saturated rings. The number of guanidine groups is 1. The second-order valence-electron chi connectivity index (χ2n) is 8.26. The number of hydrogen-bond donors (Lipinski definition) is 2. The number of ether oxygens (including phenoxy) is 1. The van der Waals surface area contributed by atoms with Gasteiger partial charge in [0.25, 0.3) is 0 Å². The van der Waals surface area contributed by atoms with E-state index in [9.17, 15) is 0 Å². The van der Waals surface area contributed by atoms with Crippen LogP contribution in [-0.2, 0) is 13.6 Å². The average Bonchev–Trinajstić information content (AvgIpc) is 3.50. The van der Waals surface area contributed by atoms with Gasteiger partial charge in [0.15, 0.2) is 11.8 Å². The van der Waals surface area contributed by atoms with Gasteiger partial charge in [0.1, 0.15) is 18.1 Å². The molecule has 1 unspecified atom stereocenters. The molecule has 4 rings (SSSR count). The van der Waals surface area contributed by atoms with Crippen molar-refractivity contribution in [1.29, 1.82) is 0 Å². The van der Waals surface area contributed by atoms with Gasteiger partial charge in [-0.05, 0) is 38.3 Å². The summed E-state index contributed by atoms with van der Waals surface area (Å²) in [6.45, 7) is 4.40. The van der Waals surface area contributed by atoms with Crippen molar-refractivity contribution in [2.24, 2.45) is 12.0 Å². The molecule has 1 saturated carbocycles. The van der Waals surface area contributed by atoms with E-state index in [1.54, 1.807) is 7.11 Å². The number of hydrogen-bond acceptors (Lipinski definition) is 5. The molecule has 1 aromatic carbocycles. The number of para-hydroxylation sites is 2. The minimum atomic E-state index is 0.337. The first-order chi connectivity index (χ1) is 14.6. The summed E-state index contributed by atoms with van der Waals surface area (Å²) in [5, 5.41) is 15.7. The van der Waals surface area contributed by atoms with Crippen molar-refractivity contribution in [3.8, 4) is 5.75 Å². The monoisotopic (exact) mass is 411 g/mol. The maximum absolute atomic E-state index is 5.55. The van der Waals surface area contributed by atoms with Gasteiger partial charge in [0, 0.05) is 32.2 Å². The summed E-state index contributed by atoms with van der Waals surface area (Å²) in [6, 6.07) is 9.07. The number of nitrogens with zero attached hydrogens (tertiary/aromatic N) is 5. The van der Waals surface area contributed by atoms with Gasteiger partial charge < -0.3 is 24.8 Å². The summed E-state index contributed by atoms with van der Waals surface area (Å²) >= 11 is 0. The molecular formula is C22H33N7O. The molecule has 0 radical (unpaired) electrons. The lowest BCUT2D eigenvalue weighted by Crippen LogP contribution is -2.47. The molecule has 8 nitrogen and oxygen atoms in total. The average molecular weight is 412 g/mol. The van der Waals surface area contributed by atoms with E-state index in [0.717, 1.165) is 48.6 Å². The van der Waals surface area contributed by atoms with E-state index < -0.39 is 0 Å². The lowest BCUT2D eigenvalue weighted by molar-refractivity contribution is 0.415. The van der Waals surface area contributed by atoms with Crippen molar-refractivity contribution >= 4 is 11.6 Å². The molecule has 1 aromatic heterocycles. The Morgan fingerprint density at radius 3 is 2.63 bits per heavy atom. The Hall–Kier alpha value is -2.77. The number of aromatic nitrogens is 3. The number of benzene rings is 1. The molecule has 30 heavy (non-hydrogen) atoms. The summed E-state index contributed by atoms with van der Waals surface area (Å²) in [6.07, 6.45) is 6.06.